The molecule has 0 spiro atoms. The van der Waals surface area contributed by atoms with Gasteiger partial charge in [-0.15, -0.1) is 0 Å². The fourth-order valence-electron chi connectivity index (χ4n) is 5.25. The Morgan fingerprint density at radius 1 is 0.691 bits per heavy atom. The van der Waals surface area contributed by atoms with Crippen molar-refractivity contribution in [3.63, 3.8) is 0 Å². The van der Waals surface area contributed by atoms with Crippen LogP contribution >= 0.6 is 0 Å². The van der Waals surface area contributed by atoms with E-state index in [4.69, 9.17) is 8.37 Å². The second-order valence-corrected chi connectivity index (χ2v) is 15.4. The van der Waals surface area contributed by atoms with Gasteiger partial charge in [-0.3, -0.25) is 29.8 Å². The van der Waals surface area contributed by atoms with Crippen LogP contribution in [0.3, 0.4) is 0 Å². The molecule has 1 saturated carbocycles. The lowest BCUT2D eigenvalue weighted by molar-refractivity contribution is -0.385. The lowest BCUT2D eigenvalue weighted by Gasteiger charge is -2.30. The van der Waals surface area contributed by atoms with Crippen LogP contribution in [0, 0.1) is 45.9 Å². The fourth-order valence-corrected chi connectivity index (χ4v) is 7.15. The summed E-state index contributed by atoms with van der Waals surface area (Å²) in [6.45, 7) is 2.96. The second kappa shape index (κ2) is 16.6. The van der Waals surface area contributed by atoms with Gasteiger partial charge in [0.05, 0.1) is 22.3 Å². The molecule has 4 aromatic carbocycles. The average molecular weight is 793 g/mol. The van der Waals surface area contributed by atoms with Gasteiger partial charge in [-0.05, 0) is 104 Å². The summed E-state index contributed by atoms with van der Waals surface area (Å²) in [5, 5.41) is 30.3. The van der Waals surface area contributed by atoms with E-state index in [-0.39, 0.29) is 49.7 Å². The van der Waals surface area contributed by atoms with Crippen LogP contribution in [-0.4, -0.2) is 50.9 Å². The Kier molecular flexibility index (Phi) is 12.0. The molecule has 0 bridgehead atoms. The number of benzene rings is 4. The summed E-state index contributed by atoms with van der Waals surface area (Å²) in [6, 6.07) is 18.0. The first-order valence-electron chi connectivity index (χ1n) is 16.3. The van der Waals surface area contributed by atoms with E-state index < -0.39 is 47.8 Å². The molecule has 0 aromatic heterocycles. The number of carbonyl (C=O) groups excluding carboxylic acids is 2. The molecule has 55 heavy (non-hydrogen) atoms. The number of hydrazone groups is 2. The molecule has 0 unspecified atom stereocenters. The summed E-state index contributed by atoms with van der Waals surface area (Å²) in [7, 11) is -8.76. The lowest BCUT2D eigenvalue weighted by Crippen LogP contribution is -2.44. The van der Waals surface area contributed by atoms with E-state index in [0.29, 0.717) is 24.0 Å². The van der Waals surface area contributed by atoms with Crippen molar-refractivity contribution in [1.29, 1.82) is 0 Å². The van der Waals surface area contributed by atoms with E-state index in [1.165, 1.54) is 99.1 Å². The molecule has 2 amide bonds. The molecule has 1 fully saturated rings. The normalized spacial score (nSPS) is 13.4. The molecular formula is C35H32N6O12S2. The number of rotatable bonds is 15. The molecule has 0 saturated heterocycles. The molecule has 2 N–H and O–H groups in total. The van der Waals surface area contributed by atoms with Gasteiger partial charge in [0.1, 0.15) is 27.2 Å². The van der Waals surface area contributed by atoms with Gasteiger partial charge in [0.25, 0.3) is 23.2 Å². The van der Waals surface area contributed by atoms with Crippen molar-refractivity contribution in [1.82, 2.24) is 10.9 Å². The van der Waals surface area contributed by atoms with Gasteiger partial charge in [0, 0.05) is 23.3 Å². The Labute approximate surface area is 314 Å². The maximum Gasteiger partial charge on any atom is 0.339 e. The van der Waals surface area contributed by atoms with Gasteiger partial charge < -0.3 is 8.37 Å². The molecule has 1 aliphatic rings. The SMILES string of the molecule is Cc1ccc(S(=O)(=O)Oc2ccc(/C=N/NC(=O)C(C(=O)N/N=C/c3ccc(OS(=O)(=O)c4ccc(C)c([N+](=O)[O-])c4)cc3)C3CCC3)cc2)cc1[N+](=O)[O-]. The molecule has 0 atom stereocenters. The zero-order chi connectivity index (χ0) is 39.9. The van der Waals surface area contributed by atoms with Crippen molar-refractivity contribution in [2.75, 3.05) is 0 Å². The van der Waals surface area contributed by atoms with Gasteiger partial charge in [-0.2, -0.15) is 27.0 Å². The molecule has 0 heterocycles. The monoisotopic (exact) mass is 792 g/mol. The number of nitro groups is 2. The van der Waals surface area contributed by atoms with Crippen molar-refractivity contribution < 1.29 is 44.6 Å². The maximum atomic E-state index is 13.0. The van der Waals surface area contributed by atoms with Gasteiger partial charge in [0.2, 0.25) is 0 Å². The van der Waals surface area contributed by atoms with E-state index >= 15 is 0 Å². The van der Waals surface area contributed by atoms with Crippen LogP contribution in [0.1, 0.15) is 41.5 Å². The number of hydrogen-bond acceptors (Lipinski definition) is 14. The first-order chi connectivity index (χ1) is 26.0. The van der Waals surface area contributed by atoms with Crippen LogP contribution in [0.4, 0.5) is 11.4 Å². The minimum atomic E-state index is -4.38. The number of nitro benzene ring substituents is 2. The van der Waals surface area contributed by atoms with E-state index in [2.05, 4.69) is 21.1 Å². The zero-order valence-electron chi connectivity index (χ0n) is 29.0. The van der Waals surface area contributed by atoms with Crippen LogP contribution in [0.2, 0.25) is 0 Å². The summed E-state index contributed by atoms with van der Waals surface area (Å²) < 4.78 is 61.0. The van der Waals surface area contributed by atoms with Gasteiger partial charge in [-0.25, -0.2) is 10.9 Å². The van der Waals surface area contributed by atoms with Crippen molar-refractivity contribution >= 4 is 55.9 Å². The number of hydrogen-bond donors (Lipinski definition) is 2. The average Bonchev–Trinajstić information content (AvgIpc) is 3.10. The largest absolute Gasteiger partial charge is 0.379 e. The first-order valence-corrected chi connectivity index (χ1v) is 19.1. The molecule has 20 heteroatoms. The van der Waals surface area contributed by atoms with E-state index in [1.54, 1.807) is 0 Å². The summed E-state index contributed by atoms with van der Waals surface area (Å²) in [6.07, 6.45) is 4.66. The third kappa shape index (κ3) is 9.91. The van der Waals surface area contributed by atoms with E-state index in [0.717, 1.165) is 18.6 Å². The Balaban J connectivity index is 1.15. The molecule has 0 radical (unpaired) electrons. The summed E-state index contributed by atoms with van der Waals surface area (Å²) >= 11 is 0. The van der Waals surface area contributed by atoms with Gasteiger partial charge >= 0.3 is 20.2 Å². The highest BCUT2D eigenvalue weighted by Gasteiger charge is 2.38. The zero-order valence-corrected chi connectivity index (χ0v) is 30.7. The molecule has 1 aliphatic carbocycles. The minimum Gasteiger partial charge on any atom is -0.379 e. The third-order valence-corrected chi connectivity index (χ3v) is 11.0. The van der Waals surface area contributed by atoms with Gasteiger partial charge in [-0.1, -0.05) is 18.6 Å². The highest BCUT2D eigenvalue weighted by atomic mass is 32.2. The van der Waals surface area contributed by atoms with Gasteiger partial charge in [0.15, 0.2) is 0 Å². The molecule has 4 aromatic rings. The maximum absolute atomic E-state index is 13.0. The van der Waals surface area contributed by atoms with Crippen LogP contribution in [0.15, 0.2) is 105 Å². The third-order valence-electron chi connectivity index (χ3n) is 8.47. The minimum absolute atomic E-state index is 0.0721. The van der Waals surface area contributed by atoms with Crippen LogP contribution in [0.5, 0.6) is 11.5 Å². The van der Waals surface area contributed by atoms with Crippen molar-refractivity contribution in [2.45, 2.75) is 42.9 Å². The Hall–Kier alpha value is -6.54. The highest BCUT2D eigenvalue weighted by Crippen LogP contribution is 2.34. The number of carbonyl (C=O) groups is 2. The van der Waals surface area contributed by atoms with Crippen molar-refractivity contribution in [2.24, 2.45) is 22.0 Å². The smallest absolute Gasteiger partial charge is 0.339 e. The molecular weight excluding hydrogens is 761 g/mol. The number of nitrogens with zero attached hydrogens (tertiary/aromatic N) is 4. The number of aryl methyl sites for hydroxylation is 2. The number of amides is 2. The summed E-state index contributed by atoms with van der Waals surface area (Å²) in [5.74, 6) is -2.84. The lowest BCUT2D eigenvalue weighted by atomic mass is 9.75. The Morgan fingerprint density at radius 3 is 1.40 bits per heavy atom. The predicted octanol–water partition coefficient (Wildman–Crippen LogP) is 4.67. The molecule has 286 valence electrons. The molecule has 5 rings (SSSR count). The second-order valence-electron chi connectivity index (χ2n) is 12.3. The van der Waals surface area contributed by atoms with Crippen molar-refractivity contribution in [3.8, 4) is 11.5 Å². The Morgan fingerprint density at radius 2 is 1.07 bits per heavy atom. The van der Waals surface area contributed by atoms with Crippen LogP contribution < -0.4 is 19.2 Å². The van der Waals surface area contributed by atoms with Crippen LogP contribution in [0.25, 0.3) is 0 Å². The predicted molar refractivity (Wildman–Crippen MR) is 196 cm³/mol. The van der Waals surface area contributed by atoms with Crippen molar-refractivity contribution in [3.05, 3.63) is 127 Å². The highest BCUT2D eigenvalue weighted by molar-refractivity contribution is 7.87. The topological polar surface area (TPSA) is 256 Å². The summed E-state index contributed by atoms with van der Waals surface area (Å²) in [4.78, 5) is 46.3. The standard InChI is InChI=1S/C35H32N6O12S2/c1-22-6-16-29(18-31(22)40(44)45)54(48,49)52-27-12-8-24(9-13-27)20-36-38-34(42)33(26-4-3-5-26)35(43)39-37-21-25-10-14-28(15-11-25)53-55(50,51)30-17-7-23(2)32(19-30)41(46)47/h6-21,26,33H,3-5H2,1-2H3,(H,38,42)(H,39,43)/b36-20+,37-21+. The Bertz CT molecular complexity index is 2250. The van der Waals surface area contributed by atoms with E-state index in [9.17, 15) is 46.7 Å². The fraction of sp³-hybridized carbons (Fsp3) is 0.200. The quantitative estimate of drug-likeness (QED) is 0.0547. The van der Waals surface area contributed by atoms with Crippen LogP contribution in [-0.2, 0) is 29.8 Å². The summed E-state index contributed by atoms with van der Waals surface area (Å²) in [5.41, 5.74) is 5.43. The number of nitrogens with one attached hydrogen (secondary N) is 2. The van der Waals surface area contributed by atoms with E-state index in [1.807, 2.05) is 0 Å². The molecule has 0 aliphatic heterocycles. The molecule has 18 nitrogen and oxygen atoms in total. The first kappa shape index (κ1) is 39.7.